The van der Waals surface area contributed by atoms with Crippen LogP contribution in [0.15, 0.2) is 0 Å². The van der Waals surface area contributed by atoms with Crippen LogP contribution >= 0.6 is 0 Å². The first-order valence-electron chi connectivity index (χ1n) is 3.52. The summed E-state index contributed by atoms with van der Waals surface area (Å²) < 4.78 is 10.0. The first-order valence-corrected chi connectivity index (χ1v) is 3.52. The largest absolute Gasteiger partial charge is 0.387 e. The second kappa shape index (κ2) is 3.30. The zero-order valence-electron chi connectivity index (χ0n) is 6.56. The van der Waals surface area contributed by atoms with Gasteiger partial charge in [-0.05, 0) is 6.92 Å². The maximum Gasteiger partial charge on any atom is 0.151 e. The predicted molar refractivity (Wildman–Crippen MR) is 37.2 cm³/mol. The van der Waals surface area contributed by atoms with E-state index in [-0.39, 0.29) is 12.2 Å². The Hall–Kier alpha value is -0.450. The Morgan fingerprint density at radius 3 is 2.55 bits per heavy atom. The van der Waals surface area contributed by atoms with Crippen molar-refractivity contribution in [3.63, 3.8) is 0 Å². The molecular formula is C7H12O4. The summed E-state index contributed by atoms with van der Waals surface area (Å²) in [5.41, 5.74) is 0. The molecule has 0 aromatic rings. The molecule has 1 aliphatic heterocycles. The van der Waals surface area contributed by atoms with Gasteiger partial charge in [0.1, 0.15) is 18.3 Å². The Bertz CT molecular complexity index is 147. The van der Waals surface area contributed by atoms with E-state index in [0.29, 0.717) is 6.29 Å². The maximum atomic E-state index is 10.3. The molecule has 4 atom stereocenters. The van der Waals surface area contributed by atoms with Gasteiger partial charge < -0.3 is 19.4 Å². The van der Waals surface area contributed by atoms with Crippen LogP contribution in [0.1, 0.15) is 6.92 Å². The maximum absolute atomic E-state index is 10.3. The van der Waals surface area contributed by atoms with Gasteiger partial charge in [-0.15, -0.1) is 0 Å². The molecule has 0 radical (unpaired) electrons. The molecule has 0 spiro atoms. The van der Waals surface area contributed by atoms with Crippen LogP contribution in [0.25, 0.3) is 0 Å². The van der Waals surface area contributed by atoms with Crippen LogP contribution in [0.5, 0.6) is 0 Å². The summed E-state index contributed by atoms with van der Waals surface area (Å²) in [5.74, 6) is 0. The van der Waals surface area contributed by atoms with Crippen molar-refractivity contribution in [3.8, 4) is 0 Å². The minimum Gasteiger partial charge on any atom is -0.387 e. The van der Waals surface area contributed by atoms with Gasteiger partial charge in [0.2, 0.25) is 0 Å². The highest BCUT2D eigenvalue weighted by Crippen LogP contribution is 2.21. The Kier molecular flexibility index (Phi) is 2.59. The van der Waals surface area contributed by atoms with Crippen LogP contribution in [0, 0.1) is 0 Å². The number of hydrogen-bond acceptors (Lipinski definition) is 4. The van der Waals surface area contributed by atoms with Gasteiger partial charge in [-0.3, -0.25) is 0 Å². The third-order valence-corrected chi connectivity index (χ3v) is 1.91. The monoisotopic (exact) mass is 160 g/mol. The molecule has 1 N–H and O–H groups in total. The molecular weight excluding hydrogens is 148 g/mol. The Morgan fingerprint density at radius 2 is 2.27 bits per heavy atom. The summed E-state index contributed by atoms with van der Waals surface area (Å²) in [4.78, 5) is 10.3. The average molecular weight is 160 g/mol. The number of hydrogen-bond donors (Lipinski definition) is 1. The number of carbonyl (C=O) groups excluding carboxylic acids is 1. The molecule has 1 rings (SSSR count). The van der Waals surface area contributed by atoms with Crippen molar-refractivity contribution in [2.24, 2.45) is 0 Å². The zero-order chi connectivity index (χ0) is 8.43. The molecule has 1 heterocycles. The molecule has 11 heavy (non-hydrogen) atoms. The average Bonchev–Trinajstić information content (AvgIpc) is 2.26. The molecule has 4 heteroatoms. The second-order valence-corrected chi connectivity index (χ2v) is 2.63. The fourth-order valence-electron chi connectivity index (χ4n) is 1.31. The summed E-state index contributed by atoms with van der Waals surface area (Å²) in [6.07, 6.45) is -1.56. The van der Waals surface area contributed by atoms with Gasteiger partial charge in [0, 0.05) is 7.11 Å². The smallest absolute Gasteiger partial charge is 0.151 e. The summed E-state index contributed by atoms with van der Waals surface area (Å²) in [6, 6.07) is 0. The van der Waals surface area contributed by atoms with Crippen LogP contribution in [0.2, 0.25) is 0 Å². The van der Waals surface area contributed by atoms with Crippen molar-refractivity contribution >= 4 is 6.29 Å². The number of aldehydes is 1. The highest BCUT2D eigenvalue weighted by Gasteiger charge is 2.41. The van der Waals surface area contributed by atoms with E-state index in [0.717, 1.165) is 0 Å². The molecule has 4 nitrogen and oxygen atoms in total. The van der Waals surface area contributed by atoms with E-state index < -0.39 is 12.2 Å². The van der Waals surface area contributed by atoms with Crippen molar-refractivity contribution in [2.45, 2.75) is 31.3 Å². The summed E-state index contributed by atoms with van der Waals surface area (Å²) in [5, 5.41) is 9.34. The Morgan fingerprint density at radius 1 is 1.64 bits per heavy atom. The van der Waals surface area contributed by atoms with E-state index >= 15 is 0 Å². The summed E-state index contributed by atoms with van der Waals surface area (Å²) >= 11 is 0. The molecule has 1 fully saturated rings. The molecule has 1 saturated heterocycles. The van der Waals surface area contributed by atoms with E-state index in [2.05, 4.69) is 0 Å². The van der Waals surface area contributed by atoms with Gasteiger partial charge in [0.15, 0.2) is 6.29 Å². The summed E-state index contributed by atoms with van der Waals surface area (Å²) in [7, 11) is 1.49. The van der Waals surface area contributed by atoms with Crippen molar-refractivity contribution in [1.29, 1.82) is 0 Å². The number of aliphatic hydroxyl groups excluding tert-OH is 1. The van der Waals surface area contributed by atoms with E-state index in [1.54, 1.807) is 6.92 Å². The van der Waals surface area contributed by atoms with Gasteiger partial charge >= 0.3 is 0 Å². The van der Waals surface area contributed by atoms with Crippen LogP contribution in [-0.4, -0.2) is 42.9 Å². The van der Waals surface area contributed by atoms with Crippen molar-refractivity contribution in [3.05, 3.63) is 0 Å². The van der Waals surface area contributed by atoms with Crippen LogP contribution < -0.4 is 0 Å². The first-order chi connectivity index (χ1) is 5.20. The van der Waals surface area contributed by atoms with Gasteiger partial charge in [-0.1, -0.05) is 0 Å². The minimum absolute atomic E-state index is 0.217. The topological polar surface area (TPSA) is 55.8 Å². The number of methoxy groups -OCH3 is 1. The standard InChI is InChI=1S/C7H12O4/c1-4-7(10-2)6(9)5(3-8)11-4/h3-7,9H,1-2H3/t4-,5-,6?,7?/m1/s1. The normalized spacial score (nSPS) is 44.3. The van der Waals surface area contributed by atoms with Gasteiger partial charge in [0.05, 0.1) is 6.10 Å². The lowest BCUT2D eigenvalue weighted by Crippen LogP contribution is -2.33. The Labute approximate surface area is 65.1 Å². The molecule has 0 aromatic heterocycles. The lowest BCUT2D eigenvalue weighted by Gasteiger charge is -2.14. The number of aliphatic hydroxyl groups is 1. The van der Waals surface area contributed by atoms with E-state index in [9.17, 15) is 9.90 Å². The van der Waals surface area contributed by atoms with Gasteiger partial charge in [0.25, 0.3) is 0 Å². The predicted octanol–water partition coefficient (Wildman–Crippen LogP) is -0.652. The number of rotatable bonds is 2. The van der Waals surface area contributed by atoms with Crippen LogP contribution in [-0.2, 0) is 14.3 Å². The van der Waals surface area contributed by atoms with Crippen molar-refractivity contribution in [2.75, 3.05) is 7.11 Å². The highest BCUT2D eigenvalue weighted by molar-refractivity contribution is 5.58. The third kappa shape index (κ3) is 1.42. The Balaban J connectivity index is 2.62. The molecule has 0 bridgehead atoms. The lowest BCUT2D eigenvalue weighted by molar-refractivity contribution is -0.120. The van der Waals surface area contributed by atoms with Crippen molar-refractivity contribution < 1.29 is 19.4 Å². The molecule has 2 unspecified atom stereocenters. The number of ether oxygens (including phenoxy) is 2. The molecule has 1 aliphatic rings. The lowest BCUT2D eigenvalue weighted by atomic mass is 10.1. The zero-order valence-corrected chi connectivity index (χ0v) is 6.56. The molecule has 0 aromatic carbocycles. The fourth-order valence-corrected chi connectivity index (χ4v) is 1.31. The SMILES string of the molecule is COC1C(O)[C@@H](C=O)O[C@@H]1C. The van der Waals surface area contributed by atoms with Crippen LogP contribution in [0.4, 0.5) is 0 Å². The fraction of sp³-hybridized carbons (Fsp3) is 0.857. The van der Waals surface area contributed by atoms with E-state index in [4.69, 9.17) is 9.47 Å². The highest BCUT2D eigenvalue weighted by atomic mass is 16.6. The second-order valence-electron chi connectivity index (χ2n) is 2.63. The van der Waals surface area contributed by atoms with Crippen molar-refractivity contribution in [1.82, 2.24) is 0 Å². The van der Waals surface area contributed by atoms with Gasteiger partial charge in [-0.25, -0.2) is 0 Å². The molecule has 0 aliphatic carbocycles. The van der Waals surface area contributed by atoms with Crippen LogP contribution in [0.3, 0.4) is 0 Å². The third-order valence-electron chi connectivity index (χ3n) is 1.91. The molecule has 0 amide bonds. The minimum atomic E-state index is -0.826. The number of carbonyl (C=O) groups is 1. The molecule has 64 valence electrons. The quantitative estimate of drug-likeness (QED) is 0.545. The van der Waals surface area contributed by atoms with Gasteiger partial charge in [-0.2, -0.15) is 0 Å². The summed E-state index contributed by atoms with van der Waals surface area (Å²) in [6.45, 7) is 1.76. The van der Waals surface area contributed by atoms with E-state index in [1.165, 1.54) is 7.11 Å². The molecule has 0 saturated carbocycles. The first kappa shape index (κ1) is 8.64. The van der Waals surface area contributed by atoms with E-state index in [1.807, 2.05) is 0 Å².